The zero-order valence-electron chi connectivity index (χ0n) is 14.5. The van der Waals surface area contributed by atoms with Gasteiger partial charge in [0, 0.05) is 28.9 Å². The maximum Gasteiger partial charge on any atom is 0.417 e. The van der Waals surface area contributed by atoms with E-state index in [1.807, 2.05) is 0 Å². The molecule has 4 aromatic rings. The first-order valence-corrected chi connectivity index (χ1v) is 9.08. The predicted octanol–water partition coefficient (Wildman–Crippen LogP) is 5.33. The Kier molecular flexibility index (Phi) is 4.54. The third-order valence-corrected chi connectivity index (χ3v) is 5.37. The molecule has 3 heterocycles. The molecule has 0 amide bonds. The number of aromatic nitrogens is 2. The van der Waals surface area contributed by atoms with E-state index in [2.05, 4.69) is 9.97 Å². The molecule has 0 aliphatic carbocycles. The first-order chi connectivity index (χ1) is 13.8. The molecule has 0 atom stereocenters. The molecule has 4 nitrogen and oxygen atoms in total. The monoisotopic (exact) mass is 417 g/mol. The lowest BCUT2D eigenvalue weighted by Crippen LogP contribution is -2.08. The van der Waals surface area contributed by atoms with Gasteiger partial charge in [0.25, 0.3) is 0 Å². The number of thiophene rings is 1. The highest BCUT2D eigenvalue weighted by molar-refractivity contribution is 7.21. The molecule has 3 aromatic heterocycles. The number of nitrogens with two attached hydrogens (primary N) is 1. The minimum absolute atomic E-state index is 0.0124. The van der Waals surface area contributed by atoms with E-state index in [-0.39, 0.29) is 32.0 Å². The molecule has 9 heteroatoms. The molecule has 0 aliphatic heterocycles. The fourth-order valence-corrected chi connectivity index (χ4v) is 3.99. The standard InChI is InChI=1S/C20H11F4N3OS/c21-12-5-3-10(4-6-12)17(28)18-16(25)15-13(20(22,23)24)8-14(27-19(15)29-18)11-2-1-7-26-9-11/h1-9H,25H2. The first-order valence-electron chi connectivity index (χ1n) is 8.26. The van der Waals surface area contributed by atoms with Crippen LogP contribution in [0.15, 0.2) is 54.9 Å². The summed E-state index contributed by atoms with van der Waals surface area (Å²) in [7, 11) is 0. The largest absolute Gasteiger partial charge is 0.417 e. The van der Waals surface area contributed by atoms with Crippen LogP contribution in [0.2, 0.25) is 0 Å². The molecule has 146 valence electrons. The Labute approximate surface area is 165 Å². The van der Waals surface area contributed by atoms with Gasteiger partial charge < -0.3 is 5.73 Å². The summed E-state index contributed by atoms with van der Waals surface area (Å²) in [4.78, 5) is 20.8. The topological polar surface area (TPSA) is 68.9 Å². The molecule has 4 rings (SSSR count). The molecule has 0 saturated heterocycles. The Bertz CT molecular complexity index is 1220. The summed E-state index contributed by atoms with van der Waals surface area (Å²) in [6.07, 6.45) is -1.81. The Balaban J connectivity index is 1.94. The van der Waals surface area contributed by atoms with Gasteiger partial charge in [0.2, 0.25) is 5.78 Å². The lowest BCUT2D eigenvalue weighted by atomic mass is 10.0. The average molecular weight is 417 g/mol. The van der Waals surface area contributed by atoms with Crippen molar-refractivity contribution in [3.63, 3.8) is 0 Å². The number of anilines is 1. The Morgan fingerprint density at radius 1 is 1.10 bits per heavy atom. The highest BCUT2D eigenvalue weighted by Crippen LogP contribution is 2.43. The maximum atomic E-state index is 13.8. The van der Waals surface area contributed by atoms with Crippen LogP contribution in [0.25, 0.3) is 21.5 Å². The van der Waals surface area contributed by atoms with Gasteiger partial charge >= 0.3 is 6.18 Å². The Morgan fingerprint density at radius 2 is 1.83 bits per heavy atom. The van der Waals surface area contributed by atoms with Crippen molar-refractivity contribution in [2.24, 2.45) is 0 Å². The number of hydrogen-bond acceptors (Lipinski definition) is 5. The number of rotatable bonds is 3. The number of alkyl halides is 3. The molecule has 0 unspecified atom stereocenters. The molecular weight excluding hydrogens is 406 g/mol. The van der Waals surface area contributed by atoms with Gasteiger partial charge in [-0.1, -0.05) is 0 Å². The predicted molar refractivity (Wildman–Crippen MR) is 102 cm³/mol. The van der Waals surface area contributed by atoms with Gasteiger partial charge in [-0.3, -0.25) is 9.78 Å². The summed E-state index contributed by atoms with van der Waals surface area (Å²) in [5, 5.41) is -0.319. The molecule has 0 fully saturated rings. The lowest BCUT2D eigenvalue weighted by molar-refractivity contribution is -0.136. The van der Waals surface area contributed by atoms with Crippen LogP contribution in [0.3, 0.4) is 0 Å². The van der Waals surface area contributed by atoms with E-state index in [4.69, 9.17) is 5.73 Å². The van der Waals surface area contributed by atoms with Gasteiger partial charge in [-0.25, -0.2) is 9.37 Å². The number of pyridine rings is 2. The second kappa shape index (κ2) is 6.93. The number of carbonyl (C=O) groups is 1. The molecule has 0 bridgehead atoms. The van der Waals surface area contributed by atoms with E-state index >= 15 is 0 Å². The highest BCUT2D eigenvalue weighted by atomic mass is 32.1. The second-order valence-corrected chi connectivity index (χ2v) is 7.15. The van der Waals surface area contributed by atoms with Crippen molar-refractivity contribution < 1.29 is 22.4 Å². The molecule has 0 saturated carbocycles. The van der Waals surface area contributed by atoms with Crippen molar-refractivity contribution >= 4 is 33.0 Å². The van der Waals surface area contributed by atoms with Crippen LogP contribution in [0.1, 0.15) is 20.8 Å². The van der Waals surface area contributed by atoms with Crippen molar-refractivity contribution in [3.8, 4) is 11.3 Å². The SMILES string of the molecule is Nc1c(C(=O)c2ccc(F)cc2)sc2nc(-c3cccnc3)cc(C(F)(F)F)c12. The van der Waals surface area contributed by atoms with E-state index < -0.39 is 23.3 Å². The smallest absolute Gasteiger partial charge is 0.397 e. The first kappa shape index (κ1) is 19.0. The third kappa shape index (κ3) is 3.44. The number of benzene rings is 1. The van der Waals surface area contributed by atoms with Gasteiger partial charge in [0.15, 0.2) is 0 Å². The van der Waals surface area contributed by atoms with E-state index in [1.165, 1.54) is 24.5 Å². The summed E-state index contributed by atoms with van der Waals surface area (Å²) < 4.78 is 54.4. The average Bonchev–Trinajstić information content (AvgIpc) is 3.04. The van der Waals surface area contributed by atoms with Gasteiger partial charge in [-0.15, -0.1) is 11.3 Å². The van der Waals surface area contributed by atoms with Crippen molar-refractivity contribution in [1.29, 1.82) is 0 Å². The maximum absolute atomic E-state index is 13.8. The zero-order chi connectivity index (χ0) is 20.8. The van der Waals surface area contributed by atoms with Crippen molar-refractivity contribution in [2.75, 3.05) is 5.73 Å². The summed E-state index contributed by atoms with van der Waals surface area (Å²) in [6.45, 7) is 0. The van der Waals surface area contributed by atoms with Crippen LogP contribution in [-0.2, 0) is 6.18 Å². The van der Waals surface area contributed by atoms with Crippen LogP contribution in [-0.4, -0.2) is 15.8 Å². The van der Waals surface area contributed by atoms with Crippen LogP contribution in [0, 0.1) is 5.82 Å². The number of hydrogen-bond donors (Lipinski definition) is 1. The Hall–Kier alpha value is -3.33. The van der Waals surface area contributed by atoms with E-state index in [9.17, 15) is 22.4 Å². The normalized spacial score (nSPS) is 11.7. The molecule has 0 aliphatic rings. The number of nitrogens with zero attached hydrogens (tertiary/aromatic N) is 2. The Morgan fingerprint density at radius 3 is 2.45 bits per heavy atom. The quantitative estimate of drug-likeness (QED) is 0.361. The number of nitrogen functional groups attached to an aromatic ring is 1. The summed E-state index contributed by atoms with van der Waals surface area (Å²) in [6, 6.07) is 8.76. The zero-order valence-corrected chi connectivity index (χ0v) is 15.3. The fourth-order valence-electron chi connectivity index (χ4n) is 2.91. The lowest BCUT2D eigenvalue weighted by Gasteiger charge is -2.11. The van der Waals surface area contributed by atoms with E-state index in [0.717, 1.165) is 29.5 Å². The molecule has 29 heavy (non-hydrogen) atoms. The van der Waals surface area contributed by atoms with Gasteiger partial charge in [0.1, 0.15) is 15.5 Å². The minimum atomic E-state index is -4.70. The van der Waals surface area contributed by atoms with Gasteiger partial charge in [0.05, 0.1) is 16.9 Å². The number of halogens is 4. The summed E-state index contributed by atoms with van der Waals surface area (Å²) in [5.74, 6) is -1.13. The molecule has 0 spiro atoms. The summed E-state index contributed by atoms with van der Waals surface area (Å²) in [5.41, 5.74) is 5.27. The number of fused-ring (bicyclic) bond motifs is 1. The molecule has 1 aromatic carbocycles. The second-order valence-electron chi connectivity index (χ2n) is 6.16. The fraction of sp³-hybridized carbons (Fsp3) is 0.0500. The van der Waals surface area contributed by atoms with Crippen LogP contribution >= 0.6 is 11.3 Å². The van der Waals surface area contributed by atoms with E-state index in [1.54, 1.807) is 12.1 Å². The van der Waals surface area contributed by atoms with Crippen molar-refractivity contribution in [3.05, 3.63) is 76.7 Å². The van der Waals surface area contributed by atoms with Crippen LogP contribution in [0.5, 0.6) is 0 Å². The number of ketones is 1. The van der Waals surface area contributed by atoms with Crippen LogP contribution in [0.4, 0.5) is 23.2 Å². The van der Waals surface area contributed by atoms with Gasteiger partial charge in [-0.05, 0) is 42.5 Å². The third-order valence-electron chi connectivity index (χ3n) is 4.27. The van der Waals surface area contributed by atoms with Crippen LogP contribution < -0.4 is 5.73 Å². The molecule has 0 radical (unpaired) electrons. The molecule has 2 N–H and O–H groups in total. The van der Waals surface area contributed by atoms with Crippen molar-refractivity contribution in [1.82, 2.24) is 9.97 Å². The van der Waals surface area contributed by atoms with Crippen molar-refractivity contribution in [2.45, 2.75) is 6.18 Å². The minimum Gasteiger partial charge on any atom is -0.397 e. The van der Waals surface area contributed by atoms with Gasteiger partial charge in [-0.2, -0.15) is 13.2 Å². The van der Waals surface area contributed by atoms with E-state index in [0.29, 0.717) is 5.56 Å². The number of carbonyl (C=O) groups excluding carboxylic acids is 1. The summed E-state index contributed by atoms with van der Waals surface area (Å²) >= 11 is 0.770. The highest BCUT2D eigenvalue weighted by Gasteiger charge is 2.36. The molecular formula is C20H11F4N3OS.